The van der Waals surface area contributed by atoms with E-state index in [0.29, 0.717) is 45.9 Å². The molecule has 4 heterocycles. The van der Waals surface area contributed by atoms with E-state index in [1.54, 1.807) is 31.3 Å². The highest BCUT2D eigenvalue weighted by Gasteiger charge is 2.24. The third-order valence-electron chi connectivity index (χ3n) is 4.94. The molecule has 0 unspecified atom stereocenters. The third-order valence-corrected chi connectivity index (χ3v) is 4.94. The molecule has 1 N–H and O–H groups in total. The molecule has 31 heavy (non-hydrogen) atoms. The van der Waals surface area contributed by atoms with Crippen LogP contribution in [0, 0.1) is 19.7 Å². The number of aromatic hydroxyl groups is 1. The van der Waals surface area contributed by atoms with Crippen molar-refractivity contribution >= 4 is 10.9 Å². The van der Waals surface area contributed by atoms with Crippen LogP contribution in [0.15, 0.2) is 51.5 Å². The number of hydrogen-bond donors (Lipinski definition) is 1. The normalized spacial score (nSPS) is 11.3. The molecule has 0 spiro atoms. The van der Waals surface area contributed by atoms with Crippen molar-refractivity contribution in [2.45, 2.75) is 20.3 Å². The van der Waals surface area contributed by atoms with E-state index in [1.165, 1.54) is 12.1 Å². The Kier molecular flexibility index (Phi) is 4.43. The van der Waals surface area contributed by atoms with Crippen LogP contribution in [0.5, 0.6) is 5.75 Å². The van der Waals surface area contributed by atoms with E-state index in [4.69, 9.17) is 8.94 Å². The van der Waals surface area contributed by atoms with E-state index in [2.05, 4.69) is 25.3 Å². The summed E-state index contributed by atoms with van der Waals surface area (Å²) in [6, 6.07) is 9.59. The molecular weight excluding hydrogens is 401 g/mol. The SMILES string of the molecule is Cc1noc(C)c1-c1nc(-c2nnc(Cc3ccc(F)cc3)o2)c(O)c2ncccc12. The Hall–Kier alpha value is -4.14. The van der Waals surface area contributed by atoms with Crippen LogP contribution in [-0.4, -0.2) is 30.4 Å². The summed E-state index contributed by atoms with van der Waals surface area (Å²) >= 11 is 0. The lowest BCUT2D eigenvalue weighted by Gasteiger charge is -2.09. The molecule has 154 valence electrons. The second kappa shape index (κ2) is 7.28. The third kappa shape index (κ3) is 3.29. The first-order valence-electron chi connectivity index (χ1n) is 9.49. The average Bonchev–Trinajstić information content (AvgIpc) is 3.37. The van der Waals surface area contributed by atoms with Gasteiger partial charge in [-0.1, -0.05) is 17.3 Å². The van der Waals surface area contributed by atoms with Gasteiger partial charge in [-0.05, 0) is 43.7 Å². The highest BCUT2D eigenvalue weighted by molar-refractivity contribution is 5.99. The highest BCUT2D eigenvalue weighted by Crippen LogP contribution is 2.39. The van der Waals surface area contributed by atoms with Crippen molar-refractivity contribution in [1.82, 2.24) is 25.3 Å². The number of halogens is 1. The standard InChI is InChI=1S/C22H16FN5O3/c1-11-17(12(2)31-28-11)18-15-4-3-9-24-19(15)21(29)20(25-18)22-27-26-16(30-22)10-13-5-7-14(23)8-6-13/h3-9,29H,10H2,1-2H3. The van der Waals surface area contributed by atoms with E-state index in [9.17, 15) is 9.50 Å². The number of fused-ring (bicyclic) bond motifs is 1. The van der Waals surface area contributed by atoms with Crippen LogP contribution >= 0.6 is 0 Å². The number of nitrogens with zero attached hydrogens (tertiary/aromatic N) is 5. The smallest absolute Gasteiger partial charge is 0.270 e. The monoisotopic (exact) mass is 417 g/mol. The highest BCUT2D eigenvalue weighted by atomic mass is 19.1. The minimum Gasteiger partial charge on any atom is -0.504 e. The first-order valence-corrected chi connectivity index (χ1v) is 9.49. The Morgan fingerprint density at radius 1 is 1.03 bits per heavy atom. The fourth-order valence-corrected chi connectivity index (χ4v) is 3.48. The van der Waals surface area contributed by atoms with E-state index >= 15 is 0 Å². The Morgan fingerprint density at radius 3 is 2.58 bits per heavy atom. The predicted molar refractivity (Wildman–Crippen MR) is 109 cm³/mol. The summed E-state index contributed by atoms with van der Waals surface area (Å²) in [5.41, 5.74) is 3.19. The Labute approximate surface area is 175 Å². The molecule has 5 aromatic rings. The lowest BCUT2D eigenvalue weighted by atomic mass is 10.0. The lowest BCUT2D eigenvalue weighted by Crippen LogP contribution is -1.95. The van der Waals surface area contributed by atoms with Gasteiger partial charge in [-0.2, -0.15) is 0 Å². The number of hydrogen-bond acceptors (Lipinski definition) is 8. The van der Waals surface area contributed by atoms with Crippen molar-refractivity contribution in [3.8, 4) is 28.6 Å². The molecule has 0 aliphatic carbocycles. The minimum absolute atomic E-state index is 0.0511. The van der Waals surface area contributed by atoms with Crippen molar-refractivity contribution < 1.29 is 18.4 Å². The van der Waals surface area contributed by atoms with Crippen LogP contribution in [0.1, 0.15) is 22.9 Å². The number of rotatable bonds is 4. The topological polar surface area (TPSA) is 111 Å². The van der Waals surface area contributed by atoms with Crippen molar-refractivity contribution in [3.63, 3.8) is 0 Å². The number of pyridine rings is 2. The quantitative estimate of drug-likeness (QED) is 0.458. The van der Waals surface area contributed by atoms with Crippen LogP contribution in [0.4, 0.5) is 4.39 Å². The fraction of sp³-hybridized carbons (Fsp3) is 0.136. The van der Waals surface area contributed by atoms with Gasteiger partial charge in [0.15, 0.2) is 11.4 Å². The lowest BCUT2D eigenvalue weighted by molar-refractivity contribution is 0.393. The Morgan fingerprint density at radius 2 is 1.84 bits per heavy atom. The molecule has 0 aliphatic rings. The van der Waals surface area contributed by atoms with Crippen LogP contribution in [0.25, 0.3) is 33.7 Å². The first-order chi connectivity index (χ1) is 15.0. The molecule has 0 saturated carbocycles. The predicted octanol–water partition coefficient (Wildman–Crippen LogP) is 4.39. The van der Waals surface area contributed by atoms with E-state index in [0.717, 1.165) is 5.56 Å². The summed E-state index contributed by atoms with van der Waals surface area (Å²) in [5.74, 6) is 0.468. The molecule has 0 aliphatic heterocycles. The zero-order valence-electron chi connectivity index (χ0n) is 16.6. The fourth-order valence-electron chi connectivity index (χ4n) is 3.48. The van der Waals surface area contributed by atoms with Gasteiger partial charge in [0.2, 0.25) is 5.89 Å². The summed E-state index contributed by atoms with van der Waals surface area (Å²) in [6.45, 7) is 3.61. The molecular formula is C22H16FN5O3. The molecule has 8 nitrogen and oxygen atoms in total. The summed E-state index contributed by atoms with van der Waals surface area (Å²) in [6.07, 6.45) is 1.90. The van der Waals surface area contributed by atoms with Crippen molar-refractivity contribution in [1.29, 1.82) is 0 Å². The Balaban J connectivity index is 1.63. The molecule has 5 rings (SSSR count). The second-order valence-electron chi connectivity index (χ2n) is 7.06. The van der Waals surface area contributed by atoms with Gasteiger partial charge >= 0.3 is 0 Å². The van der Waals surface area contributed by atoms with Crippen LogP contribution in [0.3, 0.4) is 0 Å². The van der Waals surface area contributed by atoms with Gasteiger partial charge in [0.05, 0.1) is 23.4 Å². The van der Waals surface area contributed by atoms with Gasteiger partial charge in [0, 0.05) is 11.6 Å². The molecule has 0 amide bonds. The zero-order chi connectivity index (χ0) is 21.5. The first kappa shape index (κ1) is 18.9. The van der Waals surface area contributed by atoms with Crippen LogP contribution < -0.4 is 0 Å². The molecule has 0 radical (unpaired) electrons. The molecule has 0 fully saturated rings. The maximum atomic E-state index is 13.1. The second-order valence-corrected chi connectivity index (χ2v) is 7.06. The molecule has 4 aromatic heterocycles. The van der Waals surface area contributed by atoms with Gasteiger partial charge in [0.1, 0.15) is 17.1 Å². The number of aryl methyl sites for hydroxylation is 2. The molecule has 0 bridgehead atoms. The largest absolute Gasteiger partial charge is 0.504 e. The average molecular weight is 417 g/mol. The van der Waals surface area contributed by atoms with Crippen LogP contribution in [0.2, 0.25) is 0 Å². The van der Waals surface area contributed by atoms with E-state index < -0.39 is 0 Å². The Bertz CT molecular complexity index is 1390. The number of aromatic nitrogens is 5. The van der Waals surface area contributed by atoms with Gasteiger partial charge in [0.25, 0.3) is 5.89 Å². The zero-order valence-corrected chi connectivity index (χ0v) is 16.6. The molecule has 9 heteroatoms. The summed E-state index contributed by atoms with van der Waals surface area (Å²) < 4.78 is 24.2. The summed E-state index contributed by atoms with van der Waals surface area (Å²) in [4.78, 5) is 8.94. The van der Waals surface area contributed by atoms with Crippen molar-refractivity contribution in [2.75, 3.05) is 0 Å². The maximum Gasteiger partial charge on any atom is 0.270 e. The minimum atomic E-state index is -0.320. The summed E-state index contributed by atoms with van der Waals surface area (Å²) in [7, 11) is 0. The van der Waals surface area contributed by atoms with Gasteiger partial charge < -0.3 is 14.0 Å². The number of benzene rings is 1. The molecule has 1 aromatic carbocycles. The van der Waals surface area contributed by atoms with Crippen LogP contribution in [-0.2, 0) is 6.42 Å². The summed E-state index contributed by atoms with van der Waals surface area (Å²) in [5, 5.41) is 23.6. The maximum absolute atomic E-state index is 13.1. The molecule has 0 saturated heterocycles. The van der Waals surface area contributed by atoms with Gasteiger partial charge in [-0.25, -0.2) is 9.37 Å². The van der Waals surface area contributed by atoms with Gasteiger partial charge in [-0.15, -0.1) is 10.2 Å². The molecule has 0 atom stereocenters. The van der Waals surface area contributed by atoms with Crippen molar-refractivity contribution in [2.24, 2.45) is 0 Å². The van der Waals surface area contributed by atoms with E-state index in [1.807, 2.05) is 13.0 Å². The van der Waals surface area contributed by atoms with Crippen molar-refractivity contribution in [3.05, 3.63) is 71.3 Å². The van der Waals surface area contributed by atoms with Gasteiger partial charge in [-0.3, -0.25) is 4.98 Å². The van der Waals surface area contributed by atoms with E-state index in [-0.39, 0.29) is 23.2 Å².